The van der Waals surface area contributed by atoms with Crippen molar-refractivity contribution in [1.29, 1.82) is 0 Å². The van der Waals surface area contributed by atoms with Gasteiger partial charge in [0.05, 0.1) is 11.9 Å². The first-order valence-corrected chi connectivity index (χ1v) is 11.9. The van der Waals surface area contributed by atoms with Crippen LogP contribution in [0.3, 0.4) is 0 Å². The number of amides is 1. The summed E-state index contributed by atoms with van der Waals surface area (Å²) in [6, 6.07) is 4.40. The van der Waals surface area contributed by atoms with Gasteiger partial charge in [0.25, 0.3) is 0 Å². The summed E-state index contributed by atoms with van der Waals surface area (Å²) in [5.74, 6) is 1.01. The molecular formula is C24H36FN7O. The molecule has 0 radical (unpaired) electrons. The highest BCUT2D eigenvalue weighted by Crippen LogP contribution is 2.30. The van der Waals surface area contributed by atoms with Crippen LogP contribution in [-0.2, 0) is 11.3 Å². The van der Waals surface area contributed by atoms with Gasteiger partial charge in [-0.05, 0) is 67.6 Å². The number of halogens is 1. The third-order valence-electron chi connectivity index (χ3n) is 6.56. The molecule has 3 atom stereocenters. The first-order chi connectivity index (χ1) is 16.0. The lowest BCUT2D eigenvalue weighted by atomic mass is 10.0. The van der Waals surface area contributed by atoms with Crippen LogP contribution in [0.4, 0.5) is 4.39 Å². The minimum Gasteiger partial charge on any atom is -0.394 e. The molecule has 1 fully saturated rings. The van der Waals surface area contributed by atoms with E-state index < -0.39 is 6.04 Å². The molecule has 180 valence electrons. The Bertz CT molecular complexity index is 925. The highest BCUT2D eigenvalue weighted by atomic mass is 19.1. The molecule has 1 saturated carbocycles. The fraction of sp³-hybridized carbons (Fsp3) is 0.542. The minimum atomic E-state index is -0.493. The molecule has 0 aromatic heterocycles. The molecule has 0 spiro atoms. The van der Waals surface area contributed by atoms with Gasteiger partial charge in [-0.3, -0.25) is 10.1 Å². The zero-order valence-electron chi connectivity index (χ0n) is 19.6. The van der Waals surface area contributed by atoms with Crippen molar-refractivity contribution in [3.63, 3.8) is 0 Å². The maximum Gasteiger partial charge on any atom is 0.243 e. The van der Waals surface area contributed by atoms with Crippen LogP contribution < -0.4 is 37.2 Å². The van der Waals surface area contributed by atoms with Gasteiger partial charge in [-0.1, -0.05) is 12.8 Å². The number of nitrogens with one attached hydrogen (secondary N) is 7. The number of rotatable bonds is 8. The summed E-state index contributed by atoms with van der Waals surface area (Å²) < 4.78 is 14.3. The van der Waals surface area contributed by atoms with Gasteiger partial charge < -0.3 is 31.9 Å². The Hall–Kier alpha value is -2.78. The number of carbonyl (C=O) groups excluding carboxylic acids is 1. The zero-order chi connectivity index (χ0) is 23.4. The molecule has 0 saturated heterocycles. The smallest absolute Gasteiger partial charge is 0.243 e. The predicted molar refractivity (Wildman–Crippen MR) is 128 cm³/mol. The number of likely N-dealkylation sites (N-methyl/N-ethyl adjacent to an activating group) is 1. The van der Waals surface area contributed by atoms with Gasteiger partial charge in [0.15, 0.2) is 0 Å². The molecule has 1 aliphatic carbocycles. The van der Waals surface area contributed by atoms with Crippen molar-refractivity contribution in [2.75, 3.05) is 20.6 Å². The molecule has 0 bridgehead atoms. The van der Waals surface area contributed by atoms with Gasteiger partial charge in [-0.2, -0.15) is 0 Å². The van der Waals surface area contributed by atoms with Crippen molar-refractivity contribution in [2.24, 2.45) is 5.92 Å². The van der Waals surface area contributed by atoms with Gasteiger partial charge in [0, 0.05) is 26.3 Å². The number of hydrogen-bond acceptors (Lipinski definition) is 7. The SMILES string of the molecule is CN/C=C(\CNC)c1cc(F)cc(CNC(=O)C2NC(C)NC3=C2NC(C2CCCC2)N3)c1. The quantitative estimate of drug-likeness (QED) is 0.313. The Balaban J connectivity index is 1.44. The second-order valence-electron chi connectivity index (χ2n) is 9.12. The average molecular weight is 458 g/mol. The lowest BCUT2D eigenvalue weighted by Gasteiger charge is -2.30. The van der Waals surface area contributed by atoms with Crippen molar-refractivity contribution in [3.8, 4) is 0 Å². The molecule has 1 aromatic carbocycles. The highest BCUT2D eigenvalue weighted by Gasteiger charge is 2.39. The van der Waals surface area contributed by atoms with Gasteiger partial charge >= 0.3 is 0 Å². The third-order valence-corrected chi connectivity index (χ3v) is 6.56. The van der Waals surface area contributed by atoms with E-state index in [9.17, 15) is 9.18 Å². The minimum absolute atomic E-state index is 0.0484. The molecule has 2 heterocycles. The van der Waals surface area contributed by atoms with Crippen LogP contribution in [0.25, 0.3) is 5.57 Å². The van der Waals surface area contributed by atoms with Crippen LogP contribution in [0.1, 0.15) is 43.7 Å². The average Bonchev–Trinajstić information content (AvgIpc) is 3.46. The highest BCUT2D eigenvalue weighted by molar-refractivity contribution is 5.85. The van der Waals surface area contributed by atoms with Crippen molar-refractivity contribution in [3.05, 3.63) is 52.9 Å². The number of carbonyl (C=O) groups is 1. The molecule has 4 rings (SSSR count). The summed E-state index contributed by atoms with van der Waals surface area (Å²) >= 11 is 0. The van der Waals surface area contributed by atoms with Gasteiger partial charge in [0.1, 0.15) is 23.8 Å². The molecule has 7 N–H and O–H groups in total. The molecular weight excluding hydrogens is 421 g/mol. The monoisotopic (exact) mass is 457 g/mol. The Morgan fingerprint density at radius 3 is 2.67 bits per heavy atom. The molecule has 9 heteroatoms. The molecule has 1 aromatic rings. The van der Waals surface area contributed by atoms with Gasteiger partial charge in [0.2, 0.25) is 5.91 Å². The topological polar surface area (TPSA) is 101 Å². The second-order valence-corrected chi connectivity index (χ2v) is 9.12. The Morgan fingerprint density at radius 2 is 1.94 bits per heavy atom. The van der Waals surface area contributed by atoms with Crippen molar-refractivity contribution in [1.82, 2.24) is 37.2 Å². The summed E-state index contributed by atoms with van der Waals surface area (Å²) in [6.45, 7) is 2.84. The summed E-state index contributed by atoms with van der Waals surface area (Å²) in [4.78, 5) is 13.2. The van der Waals surface area contributed by atoms with Crippen LogP contribution in [0.15, 0.2) is 35.9 Å². The zero-order valence-corrected chi connectivity index (χ0v) is 19.6. The summed E-state index contributed by atoms with van der Waals surface area (Å²) in [5, 5.41) is 22.9. The number of benzene rings is 1. The van der Waals surface area contributed by atoms with Crippen LogP contribution in [-0.4, -0.2) is 44.9 Å². The summed E-state index contributed by atoms with van der Waals surface area (Å²) in [5.41, 5.74) is 3.29. The van der Waals surface area contributed by atoms with Crippen molar-refractivity contribution in [2.45, 2.75) is 57.5 Å². The summed E-state index contributed by atoms with van der Waals surface area (Å²) in [7, 11) is 3.67. The standard InChI is InChI=1S/C24H36FN7O/c1-14-29-21(20-23(30-14)32-22(31-20)16-6-4-5-7-16)24(33)28-11-15-8-17(10-19(25)9-15)18(12-26-2)13-27-3/h8-10,12,14,16,21-22,26-27,29-32H,4-7,11,13H2,1-3H3,(H,28,33)/b18-12+. The van der Waals surface area contributed by atoms with Crippen LogP contribution in [0.5, 0.6) is 0 Å². The molecule has 33 heavy (non-hydrogen) atoms. The summed E-state index contributed by atoms with van der Waals surface area (Å²) in [6.07, 6.45) is 6.87. The van der Waals surface area contributed by atoms with E-state index in [4.69, 9.17) is 0 Å². The molecule has 2 aliphatic heterocycles. The number of hydrogen-bond donors (Lipinski definition) is 7. The second kappa shape index (κ2) is 10.4. The largest absolute Gasteiger partial charge is 0.394 e. The Labute approximate surface area is 195 Å². The predicted octanol–water partition coefficient (Wildman–Crippen LogP) is 1.01. The third kappa shape index (κ3) is 5.42. The molecule has 3 aliphatic rings. The van der Waals surface area contributed by atoms with E-state index in [-0.39, 0.29) is 30.6 Å². The molecule has 3 unspecified atom stereocenters. The maximum absolute atomic E-state index is 14.3. The van der Waals surface area contributed by atoms with E-state index in [2.05, 4.69) is 37.2 Å². The first kappa shape index (κ1) is 23.4. The van der Waals surface area contributed by atoms with Crippen LogP contribution in [0.2, 0.25) is 0 Å². The van der Waals surface area contributed by atoms with E-state index >= 15 is 0 Å². The Morgan fingerprint density at radius 1 is 1.15 bits per heavy atom. The van der Waals surface area contributed by atoms with Gasteiger partial charge in [-0.25, -0.2) is 4.39 Å². The molecule has 8 nitrogen and oxygen atoms in total. The first-order valence-electron chi connectivity index (χ1n) is 11.9. The van der Waals surface area contributed by atoms with Crippen LogP contribution >= 0.6 is 0 Å². The van der Waals surface area contributed by atoms with Crippen molar-refractivity contribution >= 4 is 11.5 Å². The lowest BCUT2D eigenvalue weighted by molar-refractivity contribution is -0.122. The van der Waals surface area contributed by atoms with E-state index in [0.717, 1.165) is 22.7 Å². The fourth-order valence-corrected chi connectivity index (χ4v) is 5.01. The van der Waals surface area contributed by atoms with Crippen molar-refractivity contribution < 1.29 is 9.18 Å². The van der Waals surface area contributed by atoms with E-state index in [1.54, 1.807) is 0 Å². The normalized spacial score (nSPS) is 25.2. The Kier molecular flexibility index (Phi) is 7.39. The van der Waals surface area contributed by atoms with E-state index in [1.165, 1.54) is 37.8 Å². The van der Waals surface area contributed by atoms with E-state index in [1.807, 2.05) is 33.3 Å². The maximum atomic E-state index is 14.3. The lowest BCUT2D eigenvalue weighted by Crippen LogP contribution is -2.58. The molecule has 1 amide bonds. The fourth-order valence-electron chi connectivity index (χ4n) is 5.01. The van der Waals surface area contributed by atoms with Gasteiger partial charge in [-0.15, -0.1) is 0 Å². The van der Waals surface area contributed by atoms with Crippen LogP contribution in [0, 0.1) is 11.7 Å². The van der Waals surface area contributed by atoms with E-state index in [0.29, 0.717) is 18.0 Å².